The van der Waals surface area contributed by atoms with Crippen molar-refractivity contribution in [1.29, 1.82) is 0 Å². The van der Waals surface area contributed by atoms with Gasteiger partial charge in [-0.25, -0.2) is 4.79 Å². The van der Waals surface area contributed by atoms with E-state index < -0.39 is 6.09 Å². The number of nitrogens with zero attached hydrogens (tertiary/aromatic N) is 1. The van der Waals surface area contributed by atoms with Crippen LogP contribution in [0.1, 0.15) is 25.0 Å². The molecular weight excluding hydrogens is 246 g/mol. The third-order valence-corrected chi connectivity index (χ3v) is 2.43. The molecule has 1 amide bonds. The number of benzene rings is 1. The van der Waals surface area contributed by atoms with E-state index in [4.69, 9.17) is 15.7 Å². The summed E-state index contributed by atoms with van der Waals surface area (Å²) in [6.07, 6.45) is -0.520. The largest absolute Gasteiger partial charge is 0.449 e. The van der Waals surface area contributed by atoms with Crippen LogP contribution in [0.4, 0.5) is 10.5 Å². The van der Waals surface area contributed by atoms with Gasteiger partial charge < -0.3 is 15.7 Å². The monoisotopic (exact) mass is 265 g/mol. The fourth-order valence-corrected chi connectivity index (χ4v) is 1.36. The summed E-state index contributed by atoms with van der Waals surface area (Å²) < 4.78 is 5.03. The number of aryl methyl sites for hydroxylation is 1. The standard InChI is InChI=1S/C13H19N3O3/c1-8(2)7-19-13(17)15-11-6-10(12(14)16-18)5-4-9(11)3/h4-6,8,18H,7H2,1-3H3,(H2,14,16)(H,15,17). The number of ether oxygens (including phenoxy) is 1. The number of anilines is 1. The van der Waals surface area contributed by atoms with Crippen LogP contribution in [0.2, 0.25) is 0 Å². The lowest BCUT2D eigenvalue weighted by Crippen LogP contribution is -2.18. The molecule has 0 heterocycles. The molecule has 0 aromatic heterocycles. The van der Waals surface area contributed by atoms with Gasteiger partial charge in [0, 0.05) is 11.3 Å². The van der Waals surface area contributed by atoms with Crippen molar-refractivity contribution in [2.75, 3.05) is 11.9 Å². The topological polar surface area (TPSA) is 96.9 Å². The second-order valence-electron chi connectivity index (χ2n) is 4.63. The number of amidine groups is 1. The molecular formula is C13H19N3O3. The fraction of sp³-hybridized carbons (Fsp3) is 0.385. The molecule has 104 valence electrons. The van der Waals surface area contributed by atoms with E-state index in [2.05, 4.69) is 10.5 Å². The van der Waals surface area contributed by atoms with Gasteiger partial charge in [0.2, 0.25) is 0 Å². The molecule has 0 aliphatic heterocycles. The summed E-state index contributed by atoms with van der Waals surface area (Å²) >= 11 is 0. The van der Waals surface area contributed by atoms with Gasteiger partial charge >= 0.3 is 6.09 Å². The average molecular weight is 265 g/mol. The number of carbonyl (C=O) groups excluding carboxylic acids is 1. The minimum Gasteiger partial charge on any atom is -0.449 e. The normalized spacial score (nSPS) is 11.5. The Kier molecular flexibility index (Phi) is 5.17. The molecule has 6 nitrogen and oxygen atoms in total. The Labute approximate surface area is 112 Å². The van der Waals surface area contributed by atoms with Crippen LogP contribution in [0.3, 0.4) is 0 Å². The van der Waals surface area contributed by atoms with Crippen molar-refractivity contribution >= 4 is 17.6 Å². The summed E-state index contributed by atoms with van der Waals surface area (Å²) in [5.74, 6) is 0.258. The van der Waals surface area contributed by atoms with E-state index >= 15 is 0 Å². The second-order valence-corrected chi connectivity index (χ2v) is 4.63. The maximum Gasteiger partial charge on any atom is 0.411 e. The van der Waals surface area contributed by atoms with Crippen LogP contribution in [-0.2, 0) is 4.74 Å². The maximum atomic E-state index is 11.6. The van der Waals surface area contributed by atoms with Crippen LogP contribution < -0.4 is 11.1 Å². The Morgan fingerprint density at radius 1 is 1.53 bits per heavy atom. The van der Waals surface area contributed by atoms with Gasteiger partial charge in [0.15, 0.2) is 5.84 Å². The fourth-order valence-electron chi connectivity index (χ4n) is 1.36. The minimum atomic E-state index is -0.520. The smallest absolute Gasteiger partial charge is 0.411 e. The van der Waals surface area contributed by atoms with Crippen LogP contribution in [0.25, 0.3) is 0 Å². The van der Waals surface area contributed by atoms with Crippen molar-refractivity contribution in [3.8, 4) is 0 Å². The average Bonchev–Trinajstić information content (AvgIpc) is 2.38. The molecule has 1 aromatic rings. The van der Waals surface area contributed by atoms with Crippen molar-refractivity contribution in [3.63, 3.8) is 0 Å². The van der Waals surface area contributed by atoms with Gasteiger partial charge in [0.05, 0.1) is 6.61 Å². The number of amides is 1. The molecule has 0 saturated carbocycles. The summed E-state index contributed by atoms with van der Waals surface area (Å²) in [6, 6.07) is 5.10. The number of nitrogens with one attached hydrogen (secondary N) is 1. The van der Waals surface area contributed by atoms with E-state index in [1.165, 1.54) is 0 Å². The van der Waals surface area contributed by atoms with E-state index in [1.807, 2.05) is 20.8 Å². The Hall–Kier alpha value is -2.24. The summed E-state index contributed by atoms with van der Waals surface area (Å²) in [5, 5.41) is 14.2. The number of rotatable bonds is 4. The van der Waals surface area contributed by atoms with Gasteiger partial charge in [0.1, 0.15) is 0 Å². The Balaban J connectivity index is 2.80. The molecule has 1 aromatic carbocycles. The zero-order valence-corrected chi connectivity index (χ0v) is 11.3. The van der Waals surface area contributed by atoms with Gasteiger partial charge in [0.25, 0.3) is 0 Å². The first kappa shape index (κ1) is 14.8. The molecule has 1 rings (SSSR count). The zero-order chi connectivity index (χ0) is 14.4. The molecule has 0 unspecified atom stereocenters. The predicted molar refractivity (Wildman–Crippen MR) is 73.5 cm³/mol. The van der Waals surface area contributed by atoms with Gasteiger partial charge in [-0.05, 0) is 24.5 Å². The molecule has 0 aliphatic carbocycles. The van der Waals surface area contributed by atoms with Crippen molar-refractivity contribution < 1.29 is 14.7 Å². The SMILES string of the molecule is Cc1ccc(C(N)=NO)cc1NC(=O)OCC(C)C. The van der Waals surface area contributed by atoms with E-state index in [1.54, 1.807) is 18.2 Å². The molecule has 4 N–H and O–H groups in total. The molecule has 6 heteroatoms. The quantitative estimate of drug-likeness (QED) is 0.337. The van der Waals surface area contributed by atoms with Gasteiger partial charge in [-0.1, -0.05) is 31.1 Å². The van der Waals surface area contributed by atoms with Crippen molar-refractivity contribution in [2.24, 2.45) is 16.8 Å². The Morgan fingerprint density at radius 3 is 2.79 bits per heavy atom. The lowest BCUT2D eigenvalue weighted by atomic mass is 10.1. The van der Waals surface area contributed by atoms with Gasteiger partial charge in [-0.3, -0.25) is 5.32 Å². The number of oxime groups is 1. The summed E-state index contributed by atoms with van der Waals surface area (Å²) in [4.78, 5) is 11.6. The van der Waals surface area contributed by atoms with Crippen molar-refractivity contribution in [1.82, 2.24) is 0 Å². The molecule has 0 spiro atoms. The van der Waals surface area contributed by atoms with Gasteiger partial charge in [-0.2, -0.15) is 0 Å². The third kappa shape index (κ3) is 4.50. The van der Waals surface area contributed by atoms with Crippen LogP contribution in [0, 0.1) is 12.8 Å². The van der Waals surface area contributed by atoms with Crippen LogP contribution in [0.15, 0.2) is 23.4 Å². The number of carbonyl (C=O) groups is 1. The van der Waals surface area contributed by atoms with E-state index in [0.29, 0.717) is 17.9 Å². The zero-order valence-electron chi connectivity index (χ0n) is 11.3. The highest BCUT2D eigenvalue weighted by Crippen LogP contribution is 2.17. The second kappa shape index (κ2) is 6.63. The first-order chi connectivity index (χ1) is 8.93. The molecule has 19 heavy (non-hydrogen) atoms. The van der Waals surface area contributed by atoms with Crippen molar-refractivity contribution in [2.45, 2.75) is 20.8 Å². The molecule has 0 atom stereocenters. The van der Waals surface area contributed by atoms with Crippen LogP contribution >= 0.6 is 0 Å². The maximum absolute atomic E-state index is 11.6. The summed E-state index contributed by atoms with van der Waals surface area (Å²) in [6.45, 7) is 6.11. The number of hydrogen-bond acceptors (Lipinski definition) is 4. The van der Waals surface area contributed by atoms with E-state index in [0.717, 1.165) is 5.56 Å². The lowest BCUT2D eigenvalue weighted by Gasteiger charge is -2.11. The highest BCUT2D eigenvalue weighted by Gasteiger charge is 2.09. The number of hydrogen-bond donors (Lipinski definition) is 3. The Morgan fingerprint density at radius 2 is 2.21 bits per heavy atom. The molecule has 0 saturated heterocycles. The van der Waals surface area contributed by atoms with Crippen molar-refractivity contribution in [3.05, 3.63) is 29.3 Å². The Bertz CT molecular complexity index is 484. The third-order valence-electron chi connectivity index (χ3n) is 2.43. The van der Waals surface area contributed by atoms with Crippen LogP contribution in [-0.4, -0.2) is 23.7 Å². The van der Waals surface area contributed by atoms with E-state index in [-0.39, 0.29) is 11.8 Å². The lowest BCUT2D eigenvalue weighted by molar-refractivity contribution is 0.147. The highest BCUT2D eigenvalue weighted by atomic mass is 16.5. The summed E-state index contributed by atoms with van der Waals surface area (Å²) in [5.41, 5.74) is 7.44. The molecule has 0 radical (unpaired) electrons. The minimum absolute atomic E-state index is 0.0152. The molecule has 0 bridgehead atoms. The van der Waals surface area contributed by atoms with Gasteiger partial charge in [-0.15, -0.1) is 0 Å². The summed E-state index contributed by atoms with van der Waals surface area (Å²) in [7, 11) is 0. The van der Waals surface area contributed by atoms with Crippen LogP contribution in [0.5, 0.6) is 0 Å². The number of nitrogens with two attached hydrogens (primary N) is 1. The predicted octanol–water partition coefficient (Wildman–Crippen LogP) is 2.29. The molecule has 0 aliphatic rings. The highest BCUT2D eigenvalue weighted by molar-refractivity contribution is 5.99. The molecule has 0 fully saturated rings. The van der Waals surface area contributed by atoms with E-state index in [9.17, 15) is 4.79 Å². The first-order valence-corrected chi connectivity index (χ1v) is 5.96. The first-order valence-electron chi connectivity index (χ1n) is 5.96.